The second-order valence-electron chi connectivity index (χ2n) is 8.07. The quantitative estimate of drug-likeness (QED) is 0.395. The molecule has 1 aliphatic rings. The molecule has 5 atom stereocenters. The van der Waals surface area contributed by atoms with Crippen LogP contribution in [0.25, 0.3) is 6.08 Å². The molecule has 0 spiro atoms. The lowest BCUT2D eigenvalue weighted by atomic mass is 9.85. The van der Waals surface area contributed by atoms with Gasteiger partial charge in [0, 0.05) is 12.0 Å². The van der Waals surface area contributed by atoms with Crippen molar-refractivity contribution >= 4 is 12.0 Å². The van der Waals surface area contributed by atoms with E-state index in [2.05, 4.69) is 0 Å². The summed E-state index contributed by atoms with van der Waals surface area (Å²) < 4.78 is 13.6. The summed E-state index contributed by atoms with van der Waals surface area (Å²) in [6.45, 7) is 0. The monoisotopic (exact) mass is 408 g/mol. The minimum Gasteiger partial charge on any atom is -0.481 e. The van der Waals surface area contributed by atoms with Gasteiger partial charge in [-0.15, -0.1) is 0 Å². The van der Waals surface area contributed by atoms with Crippen LogP contribution in [-0.4, -0.2) is 44.7 Å². The second kappa shape index (κ2) is 12.1. The van der Waals surface area contributed by atoms with Gasteiger partial charge in [-0.3, -0.25) is 4.79 Å². The Morgan fingerprint density at radius 1 is 1.07 bits per heavy atom. The van der Waals surface area contributed by atoms with Crippen molar-refractivity contribution in [2.24, 2.45) is 11.8 Å². The maximum Gasteiger partial charge on any atom is 0.303 e. The Bertz CT molecular complexity index is 662. The summed E-state index contributed by atoms with van der Waals surface area (Å²) >= 11 is 0. The van der Waals surface area contributed by atoms with Crippen molar-refractivity contribution < 1.29 is 29.6 Å². The van der Waals surface area contributed by atoms with Crippen LogP contribution < -0.4 is 0 Å². The molecular formula is C23H33FO5. The van der Waals surface area contributed by atoms with Crippen molar-refractivity contribution in [3.05, 3.63) is 41.7 Å². The van der Waals surface area contributed by atoms with E-state index >= 15 is 0 Å². The summed E-state index contributed by atoms with van der Waals surface area (Å²) in [7, 11) is 0. The Hall–Kier alpha value is -1.76. The van der Waals surface area contributed by atoms with Crippen molar-refractivity contribution in [2.75, 3.05) is 0 Å². The van der Waals surface area contributed by atoms with Crippen LogP contribution in [0.5, 0.6) is 0 Å². The molecule has 1 aromatic carbocycles. The van der Waals surface area contributed by atoms with Gasteiger partial charge in [0.1, 0.15) is 5.82 Å². The molecule has 0 saturated heterocycles. The number of aliphatic carboxylic acids is 1. The topological polar surface area (TPSA) is 98.0 Å². The lowest BCUT2D eigenvalue weighted by Crippen LogP contribution is -2.23. The van der Waals surface area contributed by atoms with Crippen molar-refractivity contribution in [1.29, 1.82) is 0 Å². The minimum absolute atomic E-state index is 0.00720. The van der Waals surface area contributed by atoms with Crippen LogP contribution in [0, 0.1) is 17.7 Å². The number of halogens is 1. The van der Waals surface area contributed by atoms with Crippen molar-refractivity contribution in [3.63, 3.8) is 0 Å². The van der Waals surface area contributed by atoms with Crippen LogP contribution in [0.2, 0.25) is 0 Å². The van der Waals surface area contributed by atoms with E-state index in [1.807, 2.05) is 0 Å². The van der Waals surface area contributed by atoms with Crippen molar-refractivity contribution in [3.8, 4) is 0 Å². The minimum atomic E-state index is -0.776. The van der Waals surface area contributed by atoms with Crippen LogP contribution in [0.15, 0.2) is 30.3 Å². The molecule has 4 N–H and O–H groups in total. The summed E-state index contributed by atoms with van der Waals surface area (Å²) in [6.07, 6.45) is 6.94. The number of hydrogen-bond donors (Lipinski definition) is 4. The highest BCUT2D eigenvalue weighted by Gasteiger charge is 2.40. The molecular weight excluding hydrogens is 375 g/mol. The van der Waals surface area contributed by atoms with E-state index in [-0.39, 0.29) is 24.1 Å². The molecule has 6 heteroatoms. The van der Waals surface area contributed by atoms with Crippen LogP contribution in [-0.2, 0) is 4.79 Å². The highest BCUT2D eigenvalue weighted by molar-refractivity contribution is 5.66. The molecule has 5 nitrogen and oxygen atoms in total. The molecule has 1 aromatic rings. The number of rotatable bonds is 12. The Kier molecular flexibility index (Phi) is 9.78. The Balaban J connectivity index is 1.77. The average molecular weight is 409 g/mol. The summed E-state index contributed by atoms with van der Waals surface area (Å²) in [6, 6.07) is 6.36. The molecule has 0 radical (unpaired) electrons. The summed E-state index contributed by atoms with van der Waals surface area (Å²) in [5.74, 6) is -1.19. The molecule has 1 saturated carbocycles. The third-order valence-corrected chi connectivity index (χ3v) is 5.90. The third kappa shape index (κ3) is 7.88. The van der Waals surface area contributed by atoms with Gasteiger partial charge in [0.05, 0.1) is 18.3 Å². The van der Waals surface area contributed by atoms with Gasteiger partial charge in [-0.1, -0.05) is 49.6 Å². The average Bonchev–Trinajstić information content (AvgIpc) is 2.94. The van der Waals surface area contributed by atoms with Gasteiger partial charge >= 0.3 is 5.97 Å². The van der Waals surface area contributed by atoms with Crippen LogP contribution >= 0.6 is 0 Å². The fraction of sp³-hybridized carbons (Fsp3) is 0.609. The number of aliphatic hydroxyl groups is 3. The largest absolute Gasteiger partial charge is 0.481 e. The van der Waals surface area contributed by atoms with E-state index in [1.165, 1.54) is 6.07 Å². The van der Waals surface area contributed by atoms with Crippen molar-refractivity contribution in [2.45, 2.75) is 76.1 Å². The smallest absolute Gasteiger partial charge is 0.303 e. The normalized spacial score (nSPS) is 25.5. The van der Waals surface area contributed by atoms with Gasteiger partial charge in [0.15, 0.2) is 0 Å². The van der Waals surface area contributed by atoms with Gasteiger partial charge in [0.25, 0.3) is 0 Å². The molecule has 0 heterocycles. The molecule has 0 bridgehead atoms. The highest BCUT2D eigenvalue weighted by Crippen LogP contribution is 2.39. The molecule has 0 aromatic heterocycles. The fourth-order valence-electron chi connectivity index (χ4n) is 4.27. The molecule has 2 rings (SSSR count). The first-order chi connectivity index (χ1) is 13.9. The molecule has 0 amide bonds. The molecule has 0 aliphatic heterocycles. The first-order valence-corrected chi connectivity index (χ1v) is 10.6. The first-order valence-electron chi connectivity index (χ1n) is 10.6. The zero-order valence-corrected chi connectivity index (χ0v) is 16.8. The van der Waals surface area contributed by atoms with Crippen LogP contribution in [0.3, 0.4) is 0 Å². The summed E-state index contributed by atoms with van der Waals surface area (Å²) in [4.78, 5) is 10.5. The lowest BCUT2D eigenvalue weighted by Gasteiger charge is -2.24. The standard InChI is InChI=1S/C23H33FO5/c24-20-9-6-5-7-16(20)11-12-17(25)13-14-19-18(21(26)15-22(19)27)8-3-1-2-4-10-23(28)29/h5-7,9,11-12,17-19,21-22,25-27H,1-4,8,10,13-15H2,(H,28,29)/b12-11+/t17?,18-,19?,21+,22-/m1/s1. The molecule has 162 valence electrons. The van der Waals surface area contributed by atoms with Crippen molar-refractivity contribution in [1.82, 2.24) is 0 Å². The predicted molar refractivity (Wildman–Crippen MR) is 110 cm³/mol. The SMILES string of the molecule is O=C(O)CCCCCC[C@@H]1C(CCC(O)/C=C/c2ccccc2F)[C@H](O)C[C@@H]1O. The van der Waals surface area contributed by atoms with Gasteiger partial charge in [-0.05, 0) is 50.0 Å². The molecule has 1 aliphatic carbocycles. The Morgan fingerprint density at radius 2 is 1.72 bits per heavy atom. The number of aliphatic hydroxyl groups excluding tert-OH is 3. The van der Waals surface area contributed by atoms with Gasteiger partial charge in [0.2, 0.25) is 0 Å². The lowest BCUT2D eigenvalue weighted by molar-refractivity contribution is -0.137. The van der Waals surface area contributed by atoms with E-state index in [1.54, 1.807) is 30.4 Å². The fourth-order valence-corrected chi connectivity index (χ4v) is 4.27. The number of benzene rings is 1. The zero-order chi connectivity index (χ0) is 21.2. The number of carbonyl (C=O) groups is 1. The highest BCUT2D eigenvalue weighted by atomic mass is 19.1. The summed E-state index contributed by atoms with van der Waals surface area (Å²) in [5.41, 5.74) is 0.420. The molecule has 2 unspecified atom stereocenters. The Labute approximate surface area is 171 Å². The maximum absolute atomic E-state index is 13.6. The van der Waals surface area contributed by atoms with Gasteiger partial charge < -0.3 is 20.4 Å². The van der Waals surface area contributed by atoms with E-state index in [0.29, 0.717) is 31.2 Å². The van der Waals surface area contributed by atoms with Crippen LogP contribution in [0.4, 0.5) is 4.39 Å². The van der Waals surface area contributed by atoms with E-state index in [9.17, 15) is 24.5 Å². The zero-order valence-electron chi connectivity index (χ0n) is 16.8. The molecule has 1 fully saturated rings. The maximum atomic E-state index is 13.6. The molecule has 29 heavy (non-hydrogen) atoms. The van der Waals surface area contributed by atoms with E-state index in [4.69, 9.17) is 5.11 Å². The summed E-state index contributed by atoms with van der Waals surface area (Å²) in [5, 5.41) is 39.5. The number of unbranched alkanes of at least 4 members (excludes halogenated alkanes) is 3. The Morgan fingerprint density at radius 3 is 2.41 bits per heavy atom. The number of carboxylic acids is 1. The second-order valence-corrected chi connectivity index (χ2v) is 8.07. The number of hydrogen-bond acceptors (Lipinski definition) is 4. The van der Waals surface area contributed by atoms with Gasteiger partial charge in [-0.25, -0.2) is 4.39 Å². The third-order valence-electron chi connectivity index (χ3n) is 5.90. The number of carboxylic acid groups (broad SMARTS) is 1. The van der Waals surface area contributed by atoms with E-state index in [0.717, 1.165) is 25.7 Å². The predicted octanol–water partition coefficient (Wildman–Crippen LogP) is 3.76. The first kappa shape index (κ1) is 23.5. The van der Waals surface area contributed by atoms with Gasteiger partial charge in [-0.2, -0.15) is 0 Å². The van der Waals surface area contributed by atoms with Crippen LogP contribution in [0.1, 0.15) is 63.4 Å². The van der Waals surface area contributed by atoms with E-state index < -0.39 is 24.3 Å².